The average molecular weight is 438 g/mol. The highest BCUT2D eigenvalue weighted by Crippen LogP contribution is 2.22. The Morgan fingerprint density at radius 1 is 1.31 bits per heavy atom. The van der Waals surface area contributed by atoms with Crippen molar-refractivity contribution in [2.75, 3.05) is 38.1 Å². The summed E-state index contributed by atoms with van der Waals surface area (Å²) < 4.78 is 6.22. The summed E-state index contributed by atoms with van der Waals surface area (Å²) in [6.45, 7) is 15.8. The van der Waals surface area contributed by atoms with Gasteiger partial charge in [-0.25, -0.2) is 4.98 Å². The minimum Gasteiger partial charge on any atom is -0.377 e. The molecule has 0 spiro atoms. The van der Waals surface area contributed by atoms with Crippen LogP contribution in [-0.4, -0.2) is 48.8 Å². The number of unbranched alkanes of at least 4 members (excludes halogenated alkanes) is 1. The molecular weight excluding hydrogens is 394 g/mol. The number of hydrogen-bond donors (Lipinski definition) is 1. The van der Waals surface area contributed by atoms with Crippen molar-refractivity contribution in [3.05, 3.63) is 59.3 Å². The zero-order chi connectivity index (χ0) is 22.8. The van der Waals surface area contributed by atoms with E-state index in [1.165, 1.54) is 28.8 Å². The largest absolute Gasteiger partial charge is 0.377 e. The second kappa shape index (κ2) is 13.0. The van der Waals surface area contributed by atoms with E-state index in [2.05, 4.69) is 67.9 Å². The summed E-state index contributed by atoms with van der Waals surface area (Å²) in [4.78, 5) is 7.33. The van der Waals surface area contributed by atoms with Crippen molar-refractivity contribution >= 4 is 5.82 Å². The molecule has 0 radical (unpaired) electrons. The van der Waals surface area contributed by atoms with E-state index >= 15 is 0 Å². The predicted octanol–water partition coefficient (Wildman–Crippen LogP) is 5.96. The zero-order valence-corrected chi connectivity index (χ0v) is 20.5. The van der Waals surface area contributed by atoms with Crippen LogP contribution in [0, 0.1) is 5.92 Å². The first kappa shape index (κ1) is 24.7. The summed E-state index contributed by atoms with van der Waals surface area (Å²) in [7, 11) is 0. The van der Waals surface area contributed by atoms with Crippen LogP contribution >= 0.6 is 0 Å². The molecule has 1 fully saturated rings. The van der Waals surface area contributed by atoms with Crippen LogP contribution in [0.2, 0.25) is 0 Å². The third-order valence-electron chi connectivity index (χ3n) is 6.41. The average Bonchev–Trinajstić information content (AvgIpc) is 3.24. The van der Waals surface area contributed by atoms with Gasteiger partial charge in [0.25, 0.3) is 0 Å². The van der Waals surface area contributed by atoms with Crippen molar-refractivity contribution in [3.63, 3.8) is 0 Å². The second-order valence-corrected chi connectivity index (χ2v) is 9.67. The maximum atomic E-state index is 6.22. The van der Waals surface area contributed by atoms with Gasteiger partial charge in [-0.2, -0.15) is 0 Å². The summed E-state index contributed by atoms with van der Waals surface area (Å²) in [5, 5.41) is 3.43. The van der Waals surface area contributed by atoms with Gasteiger partial charge in [-0.15, -0.1) is 0 Å². The van der Waals surface area contributed by atoms with Crippen molar-refractivity contribution in [2.45, 2.75) is 71.8 Å². The number of aromatic nitrogens is 1. The molecule has 32 heavy (non-hydrogen) atoms. The molecule has 4 nitrogen and oxygen atoms in total. The summed E-state index contributed by atoms with van der Waals surface area (Å²) in [6, 6.07) is 4.45. The lowest BCUT2D eigenvalue weighted by molar-refractivity contribution is 0.0574. The van der Waals surface area contributed by atoms with E-state index in [4.69, 9.17) is 9.72 Å². The Labute approximate surface area is 195 Å². The topological polar surface area (TPSA) is 37.4 Å². The summed E-state index contributed by atoms with van der Waals surface area (Å²) in [6.07, 6.45) is 14.7. The predicted molar refractivity (Wildman–Crippen MR) is 136 cm³/mol. The van der Waals surface area contributed by atoms with Crippen LogP contribution in [-0.2, 0) is 17.6 Å². The van der Waals surface area contributed by atoms with Crippen molar-refractivity contribution in [2.24, 2.45) is 5.92 Å². The van der Waals surface area contributed by atoms with E-state index in [0.717, 1.165) is 77.1 Å². The SMILES string of the molecule is C=C/C(CN1CCC(OCCCCc2ccc3c(n2)NCCC3)C1)=C(\C=C/C)CC(C)C. The number of nitrogens with one attached hydrogen (secondary N) is 1. The van der Waals surface area contributed by atoms with E-state index in [1.807, 2.05) is 0 Å². The summed E-state index contributed by atoms with van der Waals surface area (Å²) >= 11 is 0. The summed E-state index contributed by atoms with van der Waals surface area (Å²) in [5.41, 5.74) is 5.36. The lowest BCUT2D eigenvalue weighted by atomic mass is 9.97. The van der Waals surface area contributed by atoms with Crippen molar-refractivity contribution in [1.82, 2.24) is 9.88 Å². The van der Waals surface area contributed by atoms with Crippen LogP contribution in [0.15, 0.2) is 48.1 Å². The first-order valence-electron chi connectivity index (χ1n) is 12.6. The Kier molecular flexibility index (Phi) is 10.0. The molecule has 0 aliphatic carbocycles. The maximum Gasteiger partial charge on any atom is 0.129 e. The highest BCUT2D eigenvalue weighted by Gasteiger charge is 2.23. The van der Waals surface area contributed by atoms with Crippen LogP contribution < -0.4 is 5.32 Å². The maximum absolute atomic E-state index is 6.22. The highest BCUT2D eigenvalue weighted by atomic mass is 16.5. The van der Waals surface area contributed by atoms with Crippen molar-refractivity contribution in [3.8, 4) is 0 Å². The lowest BCUT2D eigenvalue weighted by Crippen LogP contribution is -2.26. The van der Waals surface area contributed by atoms with E-state index in [9.17, 15) is 0 Å². The van der Waals surface area contributed by atoms with Crippen molar-refractivity contribution in [1.29, 1.82) is 0 Å². The van der Waals surface area contributed by atoms with Crippen LogP contribution in [0.3, 0.4) is 0 Å². The molecule has 3 heterocycles. The molecule has 176 valence electrons. The minimum atomic E-state index is 0.363. The molecule has 1 aromatic heterocycles. The third-order valence-corrected chi connectivity index (χ3v) is 6.41. The normalized spacial score (nSPS) is 19.8. The Balaban J connectivity index is 1.37. The van der Waals surface area contributed by atoms with Crippen molar-refractivity contribution < 1.29 is 4.74 Å². The number of nitrogens with zero attached hydrogens (tertiary/aromatic N) is 2. The number of ether oxygens (including phenoxy) is 1. The zero-order valence-electron chi connectivity index (χ0n) is 20.5. The van der Waals surface area contributed by atoms with Gasteiger partial charge in [-0.1, -0.05) is 44.7 Å². The molecule has 1 unspecified atom stereocenters. The molecular formula is C28H43N3O. The number of rotatable bonds is 12. The van der Waals surface area contributed by atoms with Crippen LogP contribution in [0.25, 0.3) is 0 Å². The van der Waals surface area contributed by atoms with Gasteiger partial charge in [0.05, 0.1) is 6.10 Å². The Morgan fingerprint density at radius 3 is 2.97 bits per heavy atom. The lowest BCUT2D eigenvalue weighted by Gasteiger charge is -2.20. The Bertz CT molecular complexity index is 796. The molecule has 1 saturated heterocycles. The van der Waals surface area contributed by atoms with Gasteiger partial charge in [0.1, 0.15) is 5.82 Å². The Morgan fingerprint density at radius 2 is 2.19 bits per heavy atom. The number of likely N-dealkylation sites (tertiary alicyclic amines) is 1. The van der Waals surface area contributed by atoms with Crippen LogP contribution in [0.1, 0.15) is 64.1 Å². The minimum absolute atomic E-state index is 0.363. The molecule has 0 saturated carbocycles. The molecule has 3 rings (SSSR count). The molecule has 0 amide bonds. The number of pyridine rings is 1. The smallest absolute Gasteiger partial charge is 0.129 e. The number of fused-ring (bicyclic) bond motifs is 1. The van der Waals surface area contributed by atoms with Gasteiger partial charge in [0, 0.05) is 38.5 Å². The Hall–Kier alpha value is -1.91. The van der Waals surface area contributed by atoms with E-state index < -0.39 is 0 Å². The molecule has 2 aliphatic heterocycles. The van der Waals surface area contributed by atoms with Gasteiger partial charge in [-0.3, -0.25) is 4.90 Å². The molecule has 4 heteroatoms. The first-order valence-corrected chi connectivity index (χ1v) is 12.6. The number of hydrogen-bond acceptors (Lipinski definition) is 4. The van der Waals surface area contributed by atoms with E-state index in [-0.39, 0.29) is 0 Å². The number of aryl methyl sites for hydroxylation is 2. The van der Waals surface area contributed by atoms with E-state index in [0.29, 0.717) is 12.0 Å². The molecule has 1 N–H and O–H groups in total. The monoisotopic (exact) mass is 437 g/mol. The number of anilines is 1. The fourth-order valence-electron chi connectivity index (χ4n) is 4.73. The fraction of sp³-hybridized carbons (Fsp3) is 0.607. The molecule has 1 atom stereocenters. The van der Waals surface area contributed by atoms with Gasteiger partial charge in [-0.05, 0) is 80.6 Å². The molecule has 2 aliphatic rings. The number of allylic oxidation sites excluding steroid dienone is 3. The fourth-order valence-corrected chi connectivity index (χ4v) is 4.73. The third kappa shape index (κ3) is 7.60. The quantitative estimate of drug-likeness (QED) is 0.323. The van der Waals surface area contributed by atoms with Gasteiger partial charge >= 0.3 is 0 Å². The van der Waals surface area contributed by atoms with Crippen LogP contribution in [0.4, 0.5) is 5.82 Å². The van der Waals surface area contributed by atoms with Crippen LogP contribution in [0.5, 0.6) is 0 Å². The van der Waals surface area contributed by atoms with Gasteiger partial charge < -0.3 is 10.1 Å². The van der Waals surface area contributed by atoms with Gasteiger partial charge in [0.2, 0.25) is 0 Å². The second-order valence-electron chi connectivity index (χ2n) is 9.67. The standard InChI is InChI=1S/C28H43N3O/c1-5-10-25(19-22(3)4)23(6-2)20-31-17-15-27(21-31)32-18-8-7-12-26-14-13-24-11-9-16-29-28(24)30-26/h5-6,10,13-14,22,27H,2,7-9,11-12,15-21H2,1,3-4H3,(H,29,30)/b10-5-,25-23-. The molecule has 1 aromatic rings. The van der Waals surface area contributed by atoms with E-state index in [1.54, 1.807) is 0 Å². The molecule has 0 aromatic carbocycles. The summed E-state index contributed by atoms with van der Waals surface area (Å²) in [5.74, 6) is 1.76. The first-order chi connectivity index (χ1) is 15.6. The molecule has 0 bridgehead atoms. The highest BCUT2D eigenvalue weighted by molar-refractivity contribution is 5.47. The van der Waals surface area contributed by atoms with Gasteiger partial charge in [0.15, 0.2) is 0 Å².